The second kappa shape index (κ2) is 4.68. The average molecular weight is 313 g/mol. The van der Waals surface area contributed by atoms with E-state index in [-0.39, 0.29) is 28.4 Å². The monoisotopic (exact) mass is 313 g/mol. The lowest BCUT2D eigenvalue weighted by Crippen LogP contribution is -2.41. The summed E-state index contributed by atoms with van der Waals surface area (Å²) in [7, 11) is 0. The lowest BCUT2D eigenvalue weighted by Gasteiger charge is -2.38. The maximum atomic E-state index is 14.3. The van der Waals surface area contributed by atoms with Gasteiger partial charge in [0.2, 0.25) is 5.91 Å². The van der Waals surface area contributed by atoms with E-state index in [0.717, 1.165) is 19.3 Å². The van der Waals surface area contributed by atoms with Crippen molar-refractivity contribution in [1.82, 2.24) is 4.98 Å². The number of anilines is 1. The molecule has 1 aromatic carbocycles. The first-order chi connectivity index (χ1) is 11.0. The van der Waals surface area contributed by atoms with Crippen LogP contribution in [0.3, 0.4) is 0 Å². The van der Waals surface area contributed by atoms with Crippen molar-refractivity contribution in [3.05, 3.63) is 53.1 Å². The van der Waals surface area contributed by atoms with Crippen molar-refractivity contribution in [1.29, 1.82) is 0 Å². The summed E-state index contributed by atoms with van der Waals surface area (Å²) >= 11 is 0. The number of nitrogens with two attached hydrogens (primary N) is 1. The van der Waals surface area contributed by atoms with Gasteiger partial charge in [-0.15, -0.1) is 0 Å². The van der Waals surface area contributed by atoms with E-state index in [0.29, 0.717) is 17.8 Å². The molecule has 2 aliphatic rings. The highest BCUT2D eigenvalue weighted by Gasteiger charge is 2.50. The second-order valence-electron chi connectivity index (χ2n) is 6.33. The van der Waals surface area contributed by atoms with E-state index >= 15 is 0 Å². The van der Waals surface area contributed by atoms with Gasteiger partial charge in [-0.1, -0.05) is 12.5 Å². The van der Waals surface area contributed by atoms with E-state index in [4.69, 9.17) is 5.73 Å². The molecule has 1 fully saturated rings. The van der Waals surface area contributed by atoms with E-state index in [2.05, 4.69) is 4.98 Å². The van der Waals surface area contributed by atoms with Crippen LogP contribution in [-0.2, 0) is 5.41 Å². The molecule has 0 saturated heterocycles. The van der Waals surface area contributed by atoms with Crippen LogP contribution in [0, 0.1) is 5.82 Å². The third kappa shape index (κ3) is 1.91. The standard InChI is InChI=1S/C17H16FN3O2/c18-11-3-1-4-13-14(11)17(5-2-6-17)9-21(13)16(23)12-7-10(8-20-12)15(19)22/h1,3-4,7-8,20H,2,5-6,9H2,(H2,19,22). The molecule has 1 aliphatic heterocycles. The highest BCUT2D eigenvalue weighted by Crippen LogP contribution is 2.53. The number of benzene rings is 1. The highest BCUT2D eigenvalue weighted by molar-refractivity contribution is 6.08. The normalized spacial score (nSPS) is 17.9. The summed E-state index contributed by atoms with van der Waals surface area (Å²) in [5.41, 5.74) is 6.78. The van der Waals surface area contributed by atoms with Crippen molar-refractivity contribution in [3.63, 3.8) is 0 Å². The zero-order valence-corrected chi connectivity index (χ0v) is 12.4. The van der Waals surface area contributed by atoms with Gasteiger partial charge in [0.05, 0.1) is 11.3 Å². The molecule has 3 N–H and O–H groups in total. The van der Waals surface area contributed by atoms with Gasteiger partial charge in [-0.25, -0.2) is 4.39 Å². The van der Waals surface area contributed by atoms with Crippen LogP contribution in [0.15, 0.2) is 30.5 Å². The zero-order valence-electron chi connectivity index (χ0n) is 12.4. The summed E-state index contributed by atoms with van der Waals surface area (Å²) in [6.07, 6.45) is 4.24. The highest BCUT2D eigenvalue weighted by atomic mass is 19.1. The van der Waals surface area contributed by atoms with Crippen LogP contribution in [-0.4, -0.2) is 23.3 Å². The van der Waals surface area contributed by atoms with Gasteiger partial charge in [0.15, 0.2) is 0 Å². The first-order valence-corrected chi connectivity index (χ1v) is 7.61. The quantitative estimate of drug-likeness (QED) is 0.892. The maximum Gasteiger partial charge on any atom is 0.274 e. The van der Waals surface area contributed by atoms with Crippen molar-refractivity contribution in [2.45, 2.75) is 24.7 Å². The fourth-order valence-corrected chi connectivity index (χ4v) is 3.73. The third-order valence-electron chi connectivity index (χ3n) is 5.03. The van der Waals surface area contributed by atoms with E-state index < -0.39 is 5.91 Å². The molecule has 5 nitrogen and oxygen atoms in total. The van der Waals surface area contributed by atoms with Crippen molar-refractivity contribution in [3.8, 4) is 0 Å². The second-order valence-corrected chi connectivity index (χ2v) is 6.33. The Bertz CT molecular complexity index is 823. The van der Waals surface area contributed by atoms with Gasteiger partial charge in [0.1, 0.15) is 11.5 Å². The van der Waals surface area contributed by atoms with Crippen LogP contribution in [0.5, 0.6) is 0 Å². The molecule has 1 saturated carbocycles. The Balaban J connectivity index is 1.74. The number of nitrogens with zero attached hydrogens (tertiary/aromatic N) is 1. The summed E-state index contributed by atoms with van der Waals surface area (Å²) in [6.45, 7) is 0.479. The Hall–Kier alpha value is -2.63. The SMILES string of the molecule is NC(=O)c1c[nH]c(C(=O)N2CC3(CCC3)c3c(F)cccc32)c1. The number of primary amides is 1. The average Bonchev–Trinajstić information content (AvgIpc) is 3.10. The van der Waals surface area contributed by atoms with Crippen LogP contribution in [0.1, 0.15) is 45.7 Å². The number of nitrogens with one attached hydrogen (secondary N) is 1. The minimum atomic E-state index is -0.594. The molecule has 1 aromatic heterocycles. The van der Waals surface area contributed by atoms with E-state index in [1.807, 2.05) is 0 Å². The molecule has 4 rings (SSSR count). The molecule has 2 amide bonds. The van der Waals surface area contributed by atoms with Crippen molar-refractivity contribution >= 4 is 17.5 Å². The van der Waals surface area contributed by atoms with Crippen molar-refractivity contribution in [2.75, 3.05) is 11.4 Å². The van der Waals surface area contributed by atoms with Gasteiger partial charge in [0, 0.05) is 23.7 Å². The van der Waals surface area contributed by atoms with Gasteiger partial charge in [-0.3, -0.25) is 9.59 Å². The number of H-pyrrole nitrogens is 1. The number of rotatable bonds is 2. The van der Waals surface area contributed by atoms with Crippen LogP contribution in [0.2, 0.25) is 0 Å². The molecule has 2 aromatic rings. The minimum absolute atomic E-state index is 0.248. The molecule has 0 bridgehead atoms. The Morgan fingerprint density at radius 1 is 1.30 bits per heavy atom. The lowest BCUT2D eigenvalue weighted by atomic mass is 9.65. The number of hydrogen-bond acceptors (Lipinski definition) is 2. The smallest absolute Gasteiger partial charge is 0.274 e. The predicted octanol–water partition coefficient (Wildman–Crippen LogP) is 2.33. The number of fused-ring (bicyclic) bond motifs is 2. The number of aromatic nitrogens is 1. The molecule has 2 heterocycles. The minimum Gasteiger partial charge on any atom is -0.366 e. The van der Waals surface area contributed by atoms with Gasteiger partial charge in [-0.2, -0.15) is 0 Å². The Labute approximate surface area is 132 Å². The molecule has 1 aliphatic carbocycles. The molecule has 0 unspecified atom stereocenters. The Morgan fingerprint density at radius 3 is 2.70 bits per heavy atom. The van der Waals surface area contributed by atoms with Crippen LogP contribution in [0.4, 0.5) is 10.1 Å². The van der Waals surface area contributed by atoms with Crippen LogP contribution >= 0.6 is 0 Å². The maximum absolute atomic E-state index is 14.3. The number of aromatic amines is 1. The molecule has 6 heteroatoms. The predicted molar refractivity (Wildman–Crippen MR) is 82.9 cm³/mol. The fraction of sp³-hybridized carbons (Fsp3) is 0.294. The first kappa shape index (κ1) is 14.0. The summed E-state index contributed by atoms with van der Waals surface area (Å²) in [5.74, 6) is -1.11. The number of carbonyl (C=O) groups excluding carboxylic acids is 2. The van der Waals surface area contributed by atoms with Gasteiger partial charge >= 0.3 is 0 Å². The summed E-state index contributed by atoms with van der Waals surface area (Å²) in [5, 5.41) is 0. The fourth-order valence-electron chi connectivity index (χ4n) is 3.73. The third-order valence-corrected chi connectivity index (χ3v) is 5.03. The van der Waals surface area contributed by atoms with Gasteiger partial charge in [-0.05, 0) is 31.0 Å². The molecule has 0 atom stereocenters. The van der Waals surface area contributed by atoms with Crippen molar-refractivity contribution in [2.24, 2.45) is 5.73 Å². The van der Waals surface area contributed by atoms with Gasteiger partial charge in [0.25, 0.3) is 5.91 Å². The molecule has 1 spiro atoms. The van der Waals surface area contributed by atoms with Gasteiger partial charge < -0.3 is 15.6 Å². The van der Waals surface area contributed by atoms with Crippen LogP contribution < -0.4 is 10.6 Å². The number of amides is 2. The summed E-state index contributed by atoms with van der Waals surface area (Å²) in [6, 6.07) is 6.29. The number of halogens is 1. The number of hydrogen-bond donors (Lipinski definition) is 2. The first-order valence-electron chi connectivity index (χ1n) is 7.61. The topological polar surface area (TPSA) is 79.2 Å². The molecular formula is C17H16FN3O2. The zero-order chi connectivity index (χ0) is 16.2. The largest absolute Gasteiger partial charge is 0.366 e. The molecular weight excluding hydrogens is 297 g/mol. The Kier molecular flexibility index (Phi) is 2.85. The van der Waals surface area contributed by atoms with E-state index in [1.165, 1.54) is 18.3 Å². The van der Waals surface area contributed by atoms with Crippen molar-refractivity contribution < 1.29 is 14.0 Å². The van der Waals surface area contributed by atoms with E-state index in [9.17, 15) is 14.0 Å². The van der Waals surface area contributed by atoms with Crippen LogP contribution in [0.25, 0.3) is 0 Å². The summed E-state index contributed by atoms with van der Waals surface area (Å²) < 4.78 is 14.3. The molecule has 0 radical (unpaired) electrons. The Morgan fingerprint density at radius 2 is 2.09 bits per heavy atom. The lowest BCUT2D eigenvalue weighted by molar-refractivity contribution is 0.0974. The number of carbonyl (C=O) groups is 2. The molecule has 23 heavy (non-hydrogen) atoms. The molecule has 118 valence electrons. The van der Waals surface area contributed by atoms with E-state index in [1.54, 1.807) is 17.0 Å². The summed E-state index contributed by atoms with van der Waals surface area (Å²) in [4.78, 5) is 28.4.